The van der Waals surface area contributed by atoms with Crippen molar-refractivity contribution in [1.82, 2.24) is 0 Å². The van der Waals surface area contributed by atoms with E-state index in [0.717, 1.165) is 22.4 Å². The zero-order valence-corrected chi connectivity index (χ0v) is 18.7. The van der Waals surface area contributed by atoms with E-state index in [0.29, 0.717) is 24.3 Å². The Morgan fingerprint density at radius 2 is 1.69 bits per heavy atom. The molecule has 0 heterocycles. The van der Waals surface area contributed by atoms with Gasteiger partial charge < -0.3 is 14.6 Å². The molecule has 0 saturated heterocycles. The van der Waals surface area contributed by atoms with Crippen molar-refractivity contribution >= 4 is 11.9 Å². The van der Waals surface area contributed by atoms with Crippen LogP contribution in [-0.2, 0) is 13.0 Å². The molecule has 0 aliphatic carbocycles. The summed E-state index contributed by atoms with van der Waals surface area (Å²) in [5, 5.41) is 10.7. The van der Waals surface area contributed by atoms with Crippen molar-refractivity contribution in [2.24, 2.45) is 0 Å². The topological polar surface area (TPSA) is 55.8 Å². The molecule has 164 valence electrons. The van der Waals surface area contributed by atoms with E-state index in [4.69, 9.17) is 9.47 Å². The summed E-state index contributed by atoms with van der Waals surface area (Å²) in [5.41, 5.74) is 3.95. The monoisotopic (exact) mass is 428 g/mol. The van der Waals surface area contributed by atoms with Crippen LogP contribution in [0.1, 0.15) is 40.9 Å². The van der Waals surface area contributed by atoms with Crippen LogP contribution in [0.2, 0.25) is 0 Å². The van der Waals surface area contributed by atoms with Gasteiger partial charge in [0.05, 0.1) is 12.7 Å². The summed E-state index contributed by atoms with van der Waals surface area (Å²) in [6.45, 7) is 4.47. The maximum absolute atomic E-state index is 12.7. The first-order chi connectivity index (χ1) is 15.5. The number of carbonyl (C=O) groups is 1. The molecule has 4 heteroatoms. The molecule has 3 aromatic carbocycles. The van der Waals surface area contributed by atoms with E-state index in [1.54, 1.807) is 25.3 Å². The van der Waals surface area contributed by atoms with Crippen LogP contribution in [0.3, 0.4) is 0 Å². The van der Waals surface area contributed by atoms with Crippen LogP contribution in [-0.4, -0.2) is 18.0 Å². The fourth-order valence-corrected chi connectivity index (χ4v) is 3.19. The first-order valence-electron chi connectivity index (χ1n) is 10.5. The Kier molecular flexibility index (Phi) is 7.87. The molecule has 0 spiro atoms. The molecule has 0 saturated carbocycles. The second-order valence-corrected chi connectivity index (χ2v) is 7.67. The Morgan fingerprint density at radius 1 is 0.969 bits per heavy atom. The maximum atomic E-state index is 12.7. The highest BCUT2D eigenvalue weighted by atomic mass is 16.5. The average Bonchev–Trinajstić information content (AvgIpc) is 2.81. The number of hydrogen-bond acceptors (Lipinski definition) is 4. The summed E-state index contributed by atoms with van der Waals surface area (Å²) in [5.74, 6) is 1.01. The zero-order valence-electron chi connectivity index (χ0n) is 18.7. The summed E-state index contributed by atoms with van der Waals surface area (Å²) in [4.78, 5) is 12.7. The molecule has 0 amide bonds. The number of ketones is 1. The van der Waals surface area contributed by atoms with E-state index < -0.39 is 0 Å². The molecule has 0 aromatic heterocycles. The molecule has 4 nitrogen and oxygen atoms in total. The quantitative estimate of drug-likeness (QED) is 0.244. The van der Waals surface area contributed by atoms with Gasteiger partial charge in [-0.3, -0.25) is 4.79 Å². The smallest absolute Gasteiger partial charge is 0.189 e. The summed E-state index contributed by atoms with van der Waals surface area (Å²) in [6.07, 6.45) is 5.67. The van der Waals surface area contributed by atoms with Gasteiger partial charge in [-0.25, -0.2) is 0 Å². The first kappa shape index (κ1) is 22.9. The summed E-state index contributed by atoms with van der Waals surface area (Å²) in [7, 11) is 1.55. The Labute approximate surface area is 189 Å². The van der Waals surface area contributed by atoms with Crippen molar-refractivity contribution < 1.29 is 19.4 Å². The minimum atomic E-state index is -0.270. The predicted molar refractivity (Wildman–Crippen MR) is 128 cm³/mol. The number of phenols is 1. The number of hydrogen-bond donors (Lipinski definition) is 1. The second kappa shape index (κ2) is 11.0. The third-order valence-corrected chi connectivity index (χ3v) is 5.00. The molecule has 0 atom stereocenters. The van der Waals surface area contributed by atoms with Crippen molar-refractivity contribution in [2.45, 2.75) is 26.9 Å². The molecule has 0 aliphatic rings. The Hall–Kier alpha value is -3.79. The largest absolute Gasteiger partial charge is 0.507 e. The number of aromatic hydroxyl groups is 1. The van der Waals surface area contributed by atoms with Crippen LogP contribution < -0.4 is 9.47 Å². The molecule has 0 bridgehead atoms. The van der Waals surface area contributed by atoms with Crippen LogP contribution >= 0.6 is 0 Å². The van der Waals surface area contributed by atoms with Gasteiger partial charge in [-0.1, -0.05) is 60.2 Å². The molecule has 32 heavy (non-hydrogen) atoms. The normalized spacial score (nSPS) is 10.7. The Bertz CT molecular complexity index is 1110. The van der Waals surface area contributed by atoms with Crippen LogP contribution in [0.4, 0.5) is 0 Å². The van der Waals surface area contributed by atoms with Gasteiger partial charge in [-0.15, -0.1) is 0 Å². The third-order valence-electron chi connectivity index (χ3n) is 5.00. The summed E-state index contributed by atoms with van der Waals surface area (Å²) in [6, 6.07) is 20.8. The SMILES string of the molecule is COc1ccc(C(=O)C=Cc2ccc(OCc3ccccc3)cc2)c(O)c1CC=C(C)C. The van der Waals surface area contributed by atoms with E-state index in [-0.39, 0.29) is 17.1 Å². The van der Waals surface area contributed by atoms with Crippen molar-refractivity contribution in [3.63, 3.8) is 0 Å². The number of carbonyl (C=O) groups excluding carboxylic acids is 1. The van der Waals surface area contributed by atoms with E-state index in [2.05, 4.69) is 0 Å². The molecule has 0 radical (unpaired) electrons. The van der Waals surface area contributed by atoms with Crippen molar-refractivity contribution in [3.05, 3.63) is 107 Å². The van der Waals surface area contributed by atoms with Crippen molar-refractivity contribution in [2.75, 3.05) is 7.11 Å². The molecule has 0 fully saturated rings. The lowest BCUT2D eigenvalue weighted by molar-refractivity contribution is 0.104. The van der Waals surface area contributed by atoms with Crippen LogP contribution in [0.25, 0.3) is 6.08 Å². The number of allylic oxidation sites excluding steroid dienone is 3. The third kappa shape index (κ3) is 6.11. The number of methoxy groups -OCH3 is 1. The molecule has 0 unspecified atom stereocenters. The van der Waals surface area contributed by atoms with Crippen molar-refractivity contribution in [3.8, 4) is 17.2 Å². The number of ether oxygens (including phenoxy) is 2. The van der Waals surface area contributed by atoms with Gasteiger partial charge in [0, 0.05) is 5.56 Å². The standard InChI is InChI=1S/C28H28O4/c1-20(2)9-15-25-27(31-3)18-16-24(28(25)30)26(29)17-12-21-10-13-23(14-11-21)32-19-22-7-5-4-6-8-22/h4-14,16-18,30H,15,19H2,1-3H3. The van der Waals surface area contributed by atoms with Gasteiger partial charge >= 0.3 is 0 Å². The van der Waals surface area contributed by atoms with Gasteiger partial charge in [0.25, 0.3) is 0 Å². The summed E-state index contributed by atoms with van der Waals surface area (Å²) < 4.78 is 11.1. The fourth-order valence-electron chi connectivity index (χ4n) is 3.19. The van der Waals surface area contributed by atoms with Crippen LogP contribution in [0.5, 0.6) is 17.2 Å². The van der Waals surface area contributed by atoms with Gasteiger partial charge in [0.2, 0.25) is 0 Å². The van der Waals surface area contributed by atoms with E-state index >= 15 is 0 Å². The second-order valence-electron chi connectivity index (χ2n) is 7.67. The molecule has 3 rings (SSSR count). The van der Waals surface area contributed by atoms with Crippen LogP contribution in [0, 0.1) is 0 Å². The van der Waals surface area contributed by atoms with Gasteiger partial charge in [0.15, 0.2) is 5.78 Å². The van der Waals surface area contributed by atoms with Gasteiger partial charge in [-0.05, 0) is 61.7 Å². The van der Waals surface area contributed by atoms with E-state index in [1.165, 1.54) is 6.08 Å². The highest BCUT2D eigenvalue weighted by Gasteiger charge is 2.16. The number of benzene rings is 3. The van der Waals surface area contributed by atoms with E-state index in [9.17, 15) is 9.90 Å². The summed E-state index contributed by atoms with van der Waals surface area (Å²) >= 11 is 0. The van der Waals surface area contributed by atoms with Gasteiger partial charge in [-0.2, -0.15) is 0 Å². The molecular formula is C28H28O4. The lowest BCUT2D eigenvalue weighted by Gasteiger charge is -2.12. The lowest BCUT2D eigenvalue weighted by Crippen LogP contribution is -2.00. The Morgan fingerprint density at radius 3 is 2.34 bits per heavy atom. The van der Waals surface area contributed by atoms with Crippen LogP contribution in [0.15, 0.2) is 84.5 Å². The number of phenolic OH excluding ortho intramolecular Hbond substituents is 1. The molecule has 1 N–H and O–H groups in total. The van der Waals surface area contributed by atoms with Gasteiger partial charge in [0.1, 0.15) is 23.9 Å². The molecular weight excluding hydrogens is 400 g/mol. The first-order valence-corrected chi connectivity index (χ1v) is 10.5. The van der Waals surface area contributed by atoms with Crippen molar-refractivity contribution in [1.29, 1.82) is 0 Å². The fraction of sp³-hybridized carbons (Fsp3) is 0.179. The number of rotatable bonds is 9. The Balaban J connectivity index is 1.69. The minimum absolute atomic E-state index is 0.0406. The molecule has 3 aromatic rings. The zero-order chi connectivity index (χ0) is 22.9. The average molecular weight is 429 g/mol. The molecule has 0 aliphatic heterocycles. The lowest BCUT2D eigenvalue weighted by atomic mass is 10.0. The maximum Gasteiger partial charge on any atom is 0.189 e. The van der Waals surface area contributed by atoms with E-state index in [1.807, 2.05) is 74.5 Å². The predicted octanol–water partition coefficient (Wildman–Crippen LogP) is 6.38. The minimum Gasteiger partial charge on any atom is -0.507 e. The highest BCUT2D eigenvalue weighted by molar-refractivity contribution is 6.09. The highest BCUT2D eigenvalue weighted by Crippen LogP contribution is 2.33.